The van der Waals surface area contributed by atoms with Gasteiger partial charge in [-0.25, -0.2) is 14.6 Å². The Kier molecular flexibility index (Phi) is 7.37. The summed E-state index contributed by atoms with van der Waals surface area (Å²) < 4.78 is 3.08. The van der Waals surface area contributed by atoms with Gasteiger partial charge in [0, 0.05) is 22.9 Å². The normalized spacial score (nSPS) is 10.9. The summed E-state index contributed by atoms with van der Waals surface area (Å²) in [5.41, 5.74) is 1.50. The Hall–Kier alpha value is -2.64. The van der Waals surface area contributed by atoms with Crippen molar-refractivity contribution in [1.82, 2.24) is 4.98 Å². The summed E-state index contributed by atoms with van der Waals surface area (Å²) in [5.74, 6) is 0.801. The summed E-state index contributed by atoms with van der Waals surface area (Å²) in [6.07, 6.45) is -1.05. The predicted molar refractivity (Wildman–Crippen MR) is 88.8 cm³/mol. The molecular formula is C16H24N2O6. The first kappa shape index (κ1) is 21.4. The van der Waals surface area contributed by atoms with E-state index in [1.165, 1.54) is 0 Å². The quantitative estimate of drug-likeness (QED) is 0.422. The van der Waals surface area contributed by atoms with Crippen molar-refractivity contribution in [3.63, 3.8) is 0 Å². The fourth-order valence-electron chi connectivity index (χ4n) is 1.89. The lowest BCUT2D eigenvalue weighted by Crippen LogP contribution is -2.29. The van der Waals surface area contributed by atoms with Gasteiger partial charge in [-0.1, -0.05) is 20.8 Å². The number of carbonyl (C=O) groups is 3. The van der Waals surface area contributed by atoms with Crippen molar-refractivity contribution in [2.45, 2.75) is 52.5 Å². The standard InChI is InChI=1S/C14H22N2O.C2H2O5/c1-13(2,3)11-10(9-17)7-8-15-12(11)16-14(4,5)6;3-1(4)7-2(5)6/h7-9H,1-6H3,(H,15,16);(H,3,4)(H,5,6). The van der Waals surface area contributed by atoms with Crippen molar-refractivity contribution in [3.8, 4) is 0 Å². The number of hydrogen-bond donors (Lipinski definition) is 3. The molecule has 8 heteroatoms. The Labute approximate surface area is 140 Å². The third-order valence-corrected chi connectivity index (χ3v) is 2.53. The Balaban J connectivity index is 0.000000640. The zero-order valence-corrected chi connectivity index (χ0v) is 14.7. The maximum absolute atomic E-state index is 11.1. The fraction of sp³-hybridized carbons (Fsp3) is 0.500. The molecule has 0 saturated carbocycles. The molecule has 0 aliphatic rings. The topological polar surface area (TPSA) is 126 Å². The molecule has 0 unspecified atom stereocenters. The van der Waals surface area contributed by atoms with E-state index in [0.717, 1.165) is 17.7 Å². The van der Waals surface area contributed by atoms with Gasteiger partial charge < -0.3 is 20.3 Å². The summed E-state index contributed by atoms with van der Waals surface area (Å²) >= 11 is 0. The van der Waals surface area contributed by atoms with Gasteiger partial charge in [0.25, 0.3) is 0 Å². The van der Waals surface area contributed by atoms with Gasteiger partial charge in [0.2, 0.25) is 0 Å². The second-order valence-electron chi connectivity index (χ2n) is 7.00. The first-order valence-corrected chi connectivity index (χ1v) is 7.14. The molecule has 1 aromatic rings. The second kappa shape index (κ2) is 8.28. The van der Waals surface area contributed by atoms with E-state index in [0.29, 0.717) is 5.56 Å². The molecule has 0 atom stereocenters. The highest BCUT2D eigenvalue weighted by Gasteiger charge is 2.24. The predicted octanol–water partition coefficient (Wildman–Crippen LogP) is 3.76. The van der Waals surface area contributed by atoms with Crippen molar-refractivity contribution in [2.24, 2.45) is 0 Å². The van der Waals surface area contributed by atoms with E-state index in [2.05, 4.69) is 56.6 Å². The minimum Gasteiger partial charge on any atom is -0.449 e. The zero-order chi connectivity index (χ0) is 19.1. The number of pyridine rings is 1. The van der Waals surface area contributed by atoms with Crippen LogP contribution in [-0.2, 0) is 10.2 Å². The van der Waals surface area contributed by atoms with Crippen LogP contribution in [0, 0.1) is 0 Å². The third-order valence-electron chi connectivity index (χ3n) is 2.53. The van der Waals surface area contributed by atoms with Crippen LogP contribution in [0.5, 0.6) is 0 Å². The first-order chi connectivity index (χ1) is 10.8. The average Bonchev–Trinajstić information content (AvgIpc) is 2.33. The second-order valence-corrected chi connectivity index (χ2v) is 7.00. The maximum Gasteiger partial charge on any atom is 0.516 e. The molecule has 3 N–H and O–H groups in total. The van der Waals surface area contributed by atoms with Crippen LogP contribution >= 0.6 is 0 Å². The number of hydrogen-bond acceptors (Lipinski definition) is 6. The van der Waals surface area contributed by atoms with Gasteiger partial charge in [-0.15, -0.1) is 0 Å². The number of nitrogens with zero attached hydrogens (tertiary/aromatic N) is 1. The van der Waals surface area contributed by atoms with Gasteiger partial charge in [-0.3, -0.25) is 4.79 Å². The van der Waals surface area contributed by atoms with E-state index in [9.17, 15) is 14.4 Å². The fourth-order valence-corrected chi connectivity index (χ4v) is 1.89. The van der Waals surface area contributed by atoms with Crippen molar-refractivity contribution in [3.05, 3.63) is 23.4 Å². The van der Waals surface area contributed by atoms with Crippen LogP contribution < -0.4 is 5.32 Å². The van der Waals surface area contributed by atoms with Crippen molar-refractivity contribution < 1.29 is 29.3 Å². The number of ether oxygens (including phenoxy) is 1. The molecule has 0 amide bonds. The van der Waals surface area contributed by atoms with Crippen LogP contribution in [0.15, 0.2) is 12.3 Å². The zero-order valence-electron chi connectivity index (χ0n) is 14.7. The van der Waals surface area contributed by atoms with Crippen LogP contribution in [0.4, 0.5) is 15.4 Å². The Morgan fingerprint density at radius 1 is 1.12 bits per heavy atom. The molecule has 134 valence electrons. The molecule has 24 heavy (non-hydrogen) atoms. The van der Waals surface area contributed by atoms with Crippen LogP contribution in [0.1, 0.15) is 57.5 Å². The molecule has 0 bridgehead atoms. The summed E-state index contributed by atoms with van der Waals surface area (Å²) in [4.78, 5) is 33.9. The molecule has 0 radical (unpaired) electrons. The monoisotopic (exact) mass is 340 g/mol. The molecule has 0 spiro atoms. The van der Waals surface area contributed by atoms with Crippen molar-refractivity contribution in [2.75, 3.05) is 5.32 Å². The number of carbonyl (C=O) groups excluding carboxylic acids is 1. The van der Waals surface area contributed by atoms with Gasteiger partial charge in [-0.05, 0) is 32.3 Å². The van der Waals surface area contributed by atoms with Crippen LogP contribution in [0.3, 0.4) is 0 Å². The van der Waals surface area contributed by atoms with E-state index in [-0.39, 0.29) is 11.0 Å². The maximum atomic E-state index is 11.1. The lowest BCUT2D eigenvalue weighted by molar-refractivity contribution is 0.0801. The van der Waals surface area contributed by atoms with Crippen molar-refractivity contribution >= 4 is 24.4 Å². The van der Waals surface area contributed by atoms with E-state index in [1.54, 1.807) is 12.3 Å². The van der Waals surface area contributed by atoms with Crippen LogP contribution in [-0.4, -0.2) is 39.3 Å². The highest BCUT2D eigenvalue weighted by molar-refractivity contribution is 5.80. The minimum atomic E-state index is -1.81. The third kappa shape index (κ3) is 8.11. The van der Waals surface area contributed by atoms with E-state index >= 15 is 0 Å². The number of aldehydes is 1. The summed E-state index contributed by atoms with van der Waals surface area (Å²) in [5, 5.41) is 18.3. The molecule has 1 heterocycles. The highest BCUT2D eigenvalue weighted by atomic mass is 16.7. The van der Waals surface area contributed by atoms with Crippen LogP contribution in [0.25, 0.3) is 0 Å². The minimum absolute atomic E-state index is 0.0749. The SMILES string of the molecule is CC(C)(C)Nc1nccc(C=O)c1C(C)(C)C.O=C(O)OC(=O)O. The molecule has 1 aromatic heterocycles. The number of rotatable bonds is 2. The van der Waals surface area contributed by atoms with Gasteiger partial charge in [0.15, 0.2) is 6.29 Å². The van der Waals surface area contributed by atoms with E-state index in [1.807, 2.05) is 0 Å². The van der Waals surface area contributed by atoms with Crippen molar-refractivity contribution in [1.29, 1.82) is 0 Å². The molecule has 8 nitrogen and oxygen atoms in total. The Morgan fingerprint density at radius 3 is 1.92 bits per heavy atom. The first-order valence-electron chi connectivity index (χ1n) is 7.14. The van der Waals surface area contributed by atoms with E-state index < -0.39 is 12.3 Å². The van der Waals surface area contributed by atoms with Gasteiger partial charge >= 0.3 is 12.3 Å². The van der Waals surface area contributed by atoms with Crippen LogP contribution in [0.2, 0.25) is 0 Å². The lowest BCUT2D eigenvalue weighted by Gasteiger charge is -2.28. The number of anilines is 1. The van der Waals surface area contributed by atoms with E-state index in [4.69, 9.17) is 10.2 Å². The largest absolute Gasteiger partial charge is 0.516 e. The molecule has 0 aliphatic heterocycles. The summed E-state index contributed by atoms with van der Waals surface area (Å²) in [6, 6.07) is 1.77. The average molecular weight is 340 g/mol. The Bertz CT molecular complexity index is 588. The highest BCUT2D eigenvalue weighted by Crippen LogP contribution is 2.31. The summed E-state index contributed by atoms with van der Waals surface area (Å²) in [7, 11) is 0. The van der Waals surface area contributed by atoms with Gasteiger partial charge in [0.1, 0.15) is 5.82 Å². The molecule has 0 saturated heterocycles. The molecule has 1 rings (SSSR count). The number of nitrogens with one attached hydrogen (secondary N) is 1. The van der Waals surface area contributed by atoms with Gasteiger partial charge in [0.05, 0.1) is 0 Å². The molecule has 0 aliphatic carbocycles. The molecule has 0 aromatic carbocycles. The lowest BCUT2D eigenvalue weighted by atomic mass is 9.84. The Morgan fingerprint density at radius 2 is 1.62 bits per heavy atom. The van der Waals surface area contributed by atoms with Gasteiger partial charge in [-0.2, -0.15) is 0 Å². The molecule has 0 fully saturated rings. The molecular weight excluding hydrogens is 316 g/mol. The number of aromatic nitrogens is 1. The smallest absolute Gasteiger partial charge is 0.449 e. The summed E-state index contributed by atoms with van der Waals surface area (Å²) in [6.45, 7) is 12.5. The number of carboxylic acid groups (broad SMARTS) is 2.